The molecule has 0 saturated heterocycles. The van der Waals surface area contributed by atoms with Crippen molar-refractivity contribution in [3.63, 3.8) is 0 Å². The molecule has 0 heterocycles. The number of unbranched alkanes of at least 4 members (excludes halogenated alkanes) is 3. The summed E-state index contributed by atoms with van der Waals surface area (Å²) in [6.07, 6.45) is 5.71. The average molecular weight is 305 g/mol. The van der Waals surface area contributed by atoms with Crippen LogP contribution in [-0.4, -0.2) is 18.4 Å². The van der Waals surface area contributed by atoms with Crippen LogP contribution < -0.4 is 16.2 Å². The van der Waals surface area contributed by atoms with Gasteiger partial charge in [-0.25, -0.2) is 5.43 Å². The highest BCUT2D eigenvalue weighted by Crippen LogP contribution is 2.09. The summed E-state index contributed by atoms with van der Waals surface area (Å²) in [5.41, 5.74) is 6.38. The van der Waals surface area contributed by atoms with Crippen LogP contribution in [0.3, 0.4) is 0 Å². The molecule has 5 nitrogen and oxygen atoms in total. The van der Waals surface area contributed by atoms with E-state index in [1.54, 1.807) is 0 Å². The minimum atomic E-state index is 0.0373. The van der Waals surface area contributed by atoms with E-state index in [9.17, 15) is 9.59 Å². The van der Waals surface area contributed by atoms with Gasteiger partial charge in [-0.15, -0.1) is 0 Å². The molecular weight excluding hydrogens is 278 g/mol. The first-order valence-electron chi connectivity index (χ1n) is 8.09. The molecule has 1 aromatic rings. The smallest absolute Gasteiger partial charge is 0.234 e. The zero-order valence-corrected chi connectivity index (χ0v) is 13.4. The molecule has 0 aliphatic rings. The first kappa shape index (κ1) is 18.2. The second kappa shape index (κ2) is 11.7. The number of benzene rings is 1. The number of hydrogen-bond donors (Lipinski definition) is 3. The minimum Gasteiger partial charge on any atom is -0.326 e. The lowest BCUT2D eigenvalue weighted by Crippen LogP contribution is -2.37. The third-order valence-corrected chi connectivity index (χ3v) is 3.22. The third-order valence-electron chi connectivity index (χ3n) is 3.22. The van der Waals surface area contributed by atoms with Crippen molar-refractivity contribution >= 4 is 17.5 Å². The Bertz CT molecular complexity index is 435. The maximum absolute atomic E-state index is 11.7. The molecule has 5 heteroatoms. The Morgan fingerprint density at radius 2 is 1.55 bits per heavy atom. The first-order chi connectivity index (χ1) is 10.7. The van der Waals surface area contributed by atoms with Crippen molar-refractivity contribution in [2.24, 2.45) is 0 Å². The van der Waals surface area contributed by atoms with E-state index in [2.05, 4.69) is 16.2 Å². The molecule has 0 aliphatic heterocycles. The van der Waals surface area contributed by atoms with Crippen molar-refractivity contribution in [1.29, 1.82) is 0 Å². The summed E-state index contributed by atoms with van der Waals surface area (Å²) in [4.78, 5) is 23.1. The van der Waals surface area contributed by atoms with E-state index in [0.717, 1.165) is 44.3 Å². The zero-order chi connectivity index (χ0) is 16.0. The van der Waals surface area contributed by atoms with Gasteiger partial charge in [-0.2, -0.15) is 0 Å². The van der Waals surface area contributed by atoms with Crippen molar-refractivity contribution in [2.45, 2.75) is 51.9 Å². The van der Waals surface area contributed by atoms with Gasteiger partial charge in [0.1, 0.15) is 0 Å². The standard InChI is InChI=1S/C17H27N3O2/c1-2-14-18-20-17(22)13-9-4-3-8-12-16(21)19-15-10-6-5-7-11-15/h5-7,10-11,18H,2-4,8-9,12-14H2,1H3,(H,19,21)(H,20,22). The maximum Gasteiger partial charge on any atom is 0.234 e. The molecule has 122 valence electrons. The van der Waals surface area contributed by atoms with Crippen LogP contribution in [0.5, 0.6) is 0 Å². The predicted octanol–water partition coefficient (Wildman–Crippen LogP) is 3.00. The van der Waals surface area contributed by atoms with E-state index in [1.165, 1.54) is 0 Å². The van der Waals surface area contributed by atoms with Crippen LogP contribution in [0.15, 0.2) is 30.3 Å². The van der Waals surface area contributed by atoms with Gasteiger partial charge >= 0.3 is 0 Å². The number of anilines is 1. The van der Waals surface area contributed by atoms with Crippen LogP contribution in [0.1, 0.15) is 51.9 Å². The normalized spacial score (nSPS) is 10.2. The Hall–Kier alpha value is -1.88. The zero-order valence-electron chi connectivity index (χ0n) is 13.4. The number of amides is 2. The Labute approximate surface area is 132 Å². The largest absolute Gasteiger partial charge is 0.326 e. The van der Waals surface area contributed by atoms with Crippen molar-refractivity contribution < 1.29 is 9.59 Å². The van der Waals surface area contributed by atoms with Crippen molar-refractivity contribution in [1.82, 2.24) is 10.9 Å². The number of hydrazine groups is 1. The van der Waals surface area contributed by atoms with Gasteiger partial charge in [0.05, 0.1) is 0 Å². The van der Waals surface area contributed by atoms with Crippen LogP contribution >= 0.6 is 0 Å². The fourth-order valence-electron chi connectivity index (χ4n) is 2.02. The van der Waals surface area contributed by atoms with E-state index in [0.29, 0.717) is 12.8 Å². The highest BCUT2D eigenvalue weighted by atomic mass is 16.2. The van der Waals surface area contributed by atoms with Crippen LogP contribution in [0.25, 0.3) is 0 Å². The minimum absolute atomic E-state index is 0.0373. The summed E-state index contributed by atoms with van der Waals surface area (Å²) in [7, 11) is 0. The molecule has 1 rings (SSSR count). The summed E-state index contributed by atoms with van der Waals surface area (Å²) in [5.74, 6) is 0.0861. The van der Waals surface area contributed by atoms with Gasteiger partial charge in [-0.1, -0.05) is 38.0 Å². The van der Waals surface area contributed by atoms with Gasteiger partial charge in [-0.3, -0.25) is 15.0 Å². The molecule has 0 atom stereocenters. The number of nitrogens with one attached hydrogen (secondary N) is 3. The van der Waals surface area contributed by atoms with E-state index < -0.39 is 0 Å². The van der Waals surface area contributed by atoms with E-state index >= 15 is 0 Å². The van der Waals surface area contributed by atoms with E-state index in [4.69, 9.17) is 0 Å². The topological polar surface area (TPSA) is 70.2 Å². The number of hydrogen-bond acceptors (Lipinski definition) is 3. The molecule has 1 aromatic carbocycles. The summed E-state index contributed by atoms with van der Waals surface area (Å²) < 4.78 is 0. The van der Waals surface area contributed by atoms with Gasteiger partial charge in [-0.05, 0) is 31.4 Å². The Kier molecular flexibility index (Phi) is 9.70. The fourth-order valence-corrected chi connectivity index (χ4v) is 2.02. The second-order valence-corrected chi connectivity index (χ2v) is 5.30. The Morgan fingerprint density at radius 1 is 0.909 bits per heavy atom. The summed E-state index contributed by atoms with van der Waals surface area (Å²) >= 11 is 0. The van der Waals surface area contributed by atoms with Gasteiger partial charge in [0, 0.05) is 25.1 Å². The number of carbonyl (C=O) groups excluding carboxylic acids is 2. The molecule has 0 saturated carbocycles. The second-order valence-electron chi connectivity index (χ2n) is 5.30. The maximum atomic E-state index is 11.7. The van der Waals surface area contributed by atoms with Gasteiger partial charge in [0.2, 0.25) is 11.8 Å². The van der Waals surface area contributed by atoms with E-state index in [-0.39, 0.29) is 11.8 Å². The molecule has 0 bridgehead atoms. The molecule has 2 amide bonds. The predicted molar refractivity (Wildman–Crippen MR) is 89.2 cm³/mol. The number of rotatable bonds is 11. The molecule has 0 radical (unpaired) electrons. The molecule has 0 spiro atoms. The lowest BCUT2D eigenvalue weighted by atomic mass is 10.1. The van der Waals surface area contributed by atoms with Gasteiger partial charge < -0.3 is 5.32 Å². The van der Waals surface area contributed by atoms with Gasteiger partial charge in [0.25, 0.3) is 0 Å². The molecule has 0 aliphatic carbocycles. The monoisotopic (exact) mass is 305 g/mol. The summed E-state index contributed by atoms with van der Waals surface area (Å²) in [6.45, 7) is 2.84. The average Bonchev–Trinajstić information content (AvgIpc) is 2.52. The molecule has 0 fully saturated rings. The van der Waals surface area contributed by atoms with E-state index in [1.807, 2.05) is 37.3 Å². The molecule has 3 N–H and O–H groups in total. The fraction of sp³-hybridized carbons (Fsp3) is 0.529. The lowest BCUT2D eigenvalue weighted by molar-refractivity contribution is -0.122. The van der Waals surface area contributed by atoms with Crippen molar-refractivity contribution in [3.05, 3.63) is 30.3 Å². The SMILES string of the molecule is CCCNNC(=O)CCCCCCC(=O)Nc1ccccc1. The molecule has 0 unspecified atom stereocenters. The van der Waals surface area contributed by atoms with Crippen LogP contribution in [0.4, 0.5) is 5.69 Å². The van der Waals surface area contributed by atoms with Crippen LogP contribution in [0.2, 0.25) is 0 Å². The quantitative estimate of drug-likeness (QED) is 0.435. The van der Waals surface area contributed by atoms with Crippen LogP contribution in [-0.2, 0) is 9.59 Å². The molecular formula is C17H27N3O2. The Morgan fingerprint density at radius 3 is 2.18 bits per heavy atom. The molecule has 22 heavy (non-hydrogen) atoms. The summed E-state index contributed by atoms with van der Waals surface area (Å²) in [5, 5.41) is 2.87. The highest BCUT2D eigenvalue weighted by Gasteiger charge is 2.03. The first-order valence-corrected chi connectivity index (χ1v) is 8.09. The van der Waals surface area contributed by atoms with Gasteiger partial charge in [0.15, 0.2) is 0 Å². The van der Waals surface area contributed by atoms with Crippen LogP contribution in [0, 0.1) is 0 Å². The number of carbonyl (C=O) groups is 2. The van der Waals surface area contributed by atoms with Crippen molar-refractivity contribution in [2.75, 3.05) is 11.9 Å². The summed E-state index contributed by atoms with van der Waals surface area (Å²) in [6, 6.07) is 9.47. The Balaban J connectivity index is 1.97. The number of para-hydroxylation sites is 1. The molecule has 0 aromatic heterocycles. The van der Waals surface area contributed by atoms with Crippen molar-refractivity contribution in [3.8, 4) is 0 Å². The highest BCUT2D eigenvalue weighted by molar-refractivity contribution is 5.90. The lowest BCUT2D eigenvalue weighted by Gasteiger charge is -2.06. The third kappa shape index (κ3) is 9.13.